The summed E-state index contributed by atoms with van der Waals surface area (Å²) in [5.74, 6) is 0.193. The number of alkyl halides is 12. The average molecular weight is 1100 g/mol. The van der Waals surface area contributed by atoms with E-state index in [0.29, 0.717) is 63.5 Å². The second-order valence-electron chi connectivity index (χ2n) is 18.7. The molecule has 0 spiro atoms. The third kappa shape index (κ3) is 9.99. The van der Waals surface area contributed by atoms with Crippen LogP contribution < -0.4 is 0 Å². The number of aromatic nitrogens is 3. The largest absolute Gasteiger partial charge is 0.417 e. The number of halogens is 12. The fourth-order valence-electron chi connectivity index (χ4n) is 10.1. The van der Waals surface area contributed by atoms with Crippen LogP contribution >= 0.6 is 0 Å². The number of rotatable bonds is 8. The van der Waals surface area contributed by atoms with Gasteiger partial charge in [-0.3, -0.25) is 0 Å². The van der Waals surface area contributed by atoms with E-state index in [1.165, 1.54) is 36.4 Å². The van der Waals surface area contributed by atoms with E-state index in [1.807, 2.05) is 66.7 Å². The molecule has 81 heavy (non-hydrogen) atoms. The normalized spacial score (nSPS) is 12.2. The lowest BCUT2D eigenvalue weighted by Gasteiger charge is -2.22. The Labute approximate surface area is 452 Å². The van der Waals surface area contributed by atoms with Crippen LogP contribution in [0, 0.1) is 22.7 Å². The van der Waals surface area contributed by atoms with Crippen LogP contribution in [0.3, 0.4) is 0 Å². The molecule has 0 aliphatic heterocycles. The molecule has 5 nitrogen and oxygen atoms in total. The molecule has 0 aliphatic carbocycles. The molecule has 11 aromatic rings. The van der Waals surface area contributed by atoms with Gasteiger partial charge in [-0.15, -0.1) is 0 Å². The van der Waals surface area contributed by atoms with Crippen LogP contribution in [-0.4, -0.2) is 14.5 Å². The maximum Gasteiger partial charge on any atom is 0.417 e. The summed E-state index contributed by atoms with van der Waals surface area (Å²) in [6, 6.07) is 51.3. The molecule has 0 fully saturated rings. The molecule has 9 aromatic carbocycles. The van der Waals surface area contributed by atoms with Gasteiger partial charge >= 0.3 is 24.7 Å². The van der Waals surface area contributed by atoms with Gasteiger partial charge in [0.05, 0.1) is 73.6 Å². The Balaban J connectivity index is 1.29. The lowest BCUT2D eigenvalue weighted by molar-refractivity contribution is -0.144. The second kappa shape index (κ2) is 20.0. The molecule has 0 bridgehead atoms. The highest BCUT2D eigenvalue weighted by Gasteiger charge is 2.40. The molecule has 0 amide bonds. The van der Waals surface area contributed by atoms with Gasteiger partial charge in [-0.2, -0.15) is 63.2 Å². The Hall–Kier alpha value is -10.0. The molecule has 398 valence electrons. The Kier molecular flexibility index (Phi) is 13.1. The lowest BCUT2D eigenvalue weighted by atomic mass is 9.89. The fourth-order valence-corrected chi connectivity index (χ4v) is 10.1. The number of hydrogen-bond donors (Lipinski definition) is 0. The zero-order valence-corrected chi connectivity index (χ0v) is 41.3. The monoisotopic (exact) mass is 1100 g/mol. The summed E-state index contributed by atoms with van der Waals surface area (Å²) in [5.41, 5.74) is -3.38. The molecule has 0 atom stereocenters. The smallest absolute Gasteiger partial charge is 0.308 e. The predicted molar refractivity (Wildman–Crippen MR) is 284 cm³/mol. The Bertz CT molecular complexity index is 4100. The van der Waals surface area contributed by atoms with Crippen molar-refractivity contribution in [3.05, 3.63) is 234 Å². The van der Waals surface area contributed by atoms with Crippen molar-refractivity contribution in [3.8, 4) is 96.2 Å². The Morgan fingerprint density at radius 2 is 0.728 bits per heavy atom. The number of nitrogens with zero attached hydrogens (tertiary/aromatic N) is 5. The van der Waals surface area contributed by atoms with Crippen molar-refractivity contribution < 1.29 is 52.7 Å². The van der Waals surface area contributed by atoms with E-state index in [2.05, 4.69) is 12.1 Å². The highest BCUT2D eigenvalue weighted by atomic mass is 19.4. The van der Waals surface area contributed by atoms with Crippen molar-refractivity contribution >= 4 is 21.8 Å². The van der Waals surface area contributed by atoms with Crippen LogP contribution in [0.25, 0.3) is 106 Å². The maximum absolute atomic E-state index is 14.9. The zero-order chi connectivity index (χ0) is 57.2. The molecule has 17 heteroatoms. The third-order valence-electron chi connectivity index (χ3n) is 13.8. The fraction of sp³-hybridized carbons (Fsp3) is 0.0625. The lowest BCUT2D eigenvalue weighted by Crippen LogP contribution is -2.12. The summed E-state index contributed by atoms with van der Waals surface area (Å²) < 4.78 is 175. The summed E-state index contributed by atoms with van der Waals surface area (Å²) in [7, 11) is 0. The first kappa shape index (κ1) is 53.0. The van der Waals surface area contributed by atoms with Gasteiger partial charge in [-0.05, 0) is 101 Å². The zero-order valence-electron chi connectivity index (χ0n) is 41.3. The van der Waals surface area contributed by atoms with Gasteiger partial charge < -0.3 is 4.57 Å². The van der Waals surface area contributed by atoms with E-state index >= 15 is 0 Å². The molecule has 0 unspecified atom stereocenters. The van der Waals surface area contributed by atoms with Crippen molar-refractivity contribution in [2.24, 2.45) is 0 Å². The van der Waals surface area contributed by atoms with E-state index < -0.39 is 58.1 Å². The number of benzene rings is 9. The van der Waals surface area contributed by atoms with Gasteiger partial charge in [0.25, 0.3) is 0 Å². The second-order valence-corrected chi connectivity index (χ2v) is 18.7. The summed E-state index contributed by atoms with van der Waals surface area (Å²) in [4.78, 5) is 10.2. The van der Waals surface area contributed by atoms with Crippen molar-refractivity contribution in [2.75, 3.05) is 0 Å². The van der Waals surface area contributed by atoms with Crippen LogP contribution in [0.15, 0.2) is 200 Å². The first-order valence-electron chi connectivity index (χ1n) is 24.4. The average Bonchev–Trinajstić information content (AvgIpc) is 4.07. The van der Waals surface area contributed by atoms with Gasteiger partial charge in [0.2, 0.25) is 0 Å². The van der Waals surface area contributed by atoms with Gasteiger partial charge in [-0.25, -0.2) is 9.97 Å². The first-order valence-corrected chi connectivity index (χ1v) is 24.4. The first-order chi connectivity index (χ1) is 38.6. The molecule has 0 radical (unpaired) electrons. The molecule has 11 rings (SSSR count). The molecule has 0 aliphatic rings. The molecule has 0 saturated carbocycles. The van der Waals surface area contributed by atoms with Crippen molar-refractivity contribution in [1.29, 1.82) is 10.5 Å². The van der Waals surface area contributed by atoms with Gasteiger partial charge in [0.1, 0.15) is 0 Å². The van der Waals surface area contributed by atoms with Crippen LogP contribution in [-0.2, 0) is 24.7 Å². The van der Waals surface area contributed by atoms with Gasteiger partial charge in [0, 0.05) is 49.7 Å². The van der Waals surface area contributed by atoms with Crippen molar-refractivity contribution in [2.45, 2.75) is 24.7 Å². The Morgan fingerprint density at radius 1 is 0.333 bits per heavy atom. The van der Waals surface area contributed by atoms with Crippen molar-refractivity contribution in [3.63, 3.8) is 0 Å². The highest BCUT2D eigenvalue weighted by Crippen LogP contribution is 2.49. The van der Waals surface area contributed by atoms with E-state index in [9.17, 15) is 63.2 Å². The molecular formula is C64H33F12N5. The molecule has 2 heterocycles. The minimum atomic E-state index is -5.33. The summed E-state index contributed by atoms with van der Waals surface area (Å²) in [6.45, 7) is 0. The molecular weight excluding hydrogens is 1070 g/mol. The molecule has 2 aromatic heterocycles. The van der Waals surface area contributed by atoms with Crippen LogP contribution in [0.5, 0.6) is 0 Å². The predicted octanol–water partition coefficient (Wildman–Crippen LogP) is 19.1. The quantitative estimate of drug-likeness (QED) is 0.142. The standard InChI is InChI=1S/C64H33F12N5/c65-61(66,67)43-21-23-47(53(31-43)63(71,72)73)38-19-25-57-49(27-38)50-28-39(48-24-22-44(62(68,69)70)32-54(48)64(74,75)76)20-26-58(50)81(57)59-51(45-17-9-7-15-40(45)34-77)29-42(30-52(59)46-18-10-8-16-41(46)35-78)60-79-55(36-11-3-1-4-12-36)33-56(80-60)37-13-5-2-6-14-37/h1-33H. The number of nitriles is 2. The van der Waals surface area contributed by atoms with Crippen LogP contribution in [0.2, 0.25) is 0 Å². The number of fused-ring (bicyclic) bond motifs is 3. The molecule has 0 N–H and O–H groups in total. The van der Waals surface area contributed by atoms with Crippen LogP contribution in [0.1, 0.15) is 33.4 Å². The van der Waals surface area contributed by atoms with Gasteiger partial charge in [-0.1, -0.05) is 121 Å². The van der Waals surface area contributed by atoms with Gasteiger partial charge in [0.15, 0.2) is 5.82 Å². The van der Waals surface area contributed by atoms with E-state index in [0.717, 1.165) is 11.1 Å². The van der Waals surface area contributed by atoms with Crippen molar-refractivity contribution in [1.82, 2.24) is 14.5 Å². The maximum atomic E-state index is 14.9. The number of hydrogen-bond acceptors (Lipinski definition) is 4. The van der Waals surface area contributed by atoms with E-state index in [-0.39, 0.29) is 67.7 Å². The minimum Gasteiger partial charge on any atom is -0.308 e. The highest BCUT2D eigenvalue weighted by molar-refractivity contribution is 6.13. The molecule has 0 saturated heterocycles. The summed E-state index contributed by atoms with van der Waals surface area (Å²) in [6.07, 6.45) is -21.0. The van der Waals surface area contributed by atoms with E-state index in [4.69, 9.17) is 9.97 Å². The third-order valence-corrected chi connectivity index (χ3v) is 13.8. The topological polar surface area (TPSA) is 78.3 Å². The van der Waals surface area contributed by atoms with Crippen LogP contribution in [0.4, 0.5) is 52.7 Å². The summed E-state index contributed by atoms with van der Waals surface area (Å²) in [5, 5.41) is 21.6. The Morgan fingerprint density at radius 3 is 1.11 bits per heavy atom. The SMILES string of the molecule is N#Cc1ccccc1-c1cc(-c2nc(-c3ccccc3)cc(-c3ccccc3)n2)cc(-c2ccccc2C#N)c1-n1c2ccc(-c3ccc(C(F)(F)F)cc3C(F)(F)F)cc2c2cc(-c3ccc(C(F)(F)F)cc3C(F)(F)F)ccc21. The summed E-state index contributed by atoms with van der Waals surface area (Å²) >= 11 is 0. The van der Waals surface area contributed by atoms with E-state index in [1.54, 1.807) is 65.2 Å². The minimum absolute atomic E-state index is 0.0222.